The maximum atomic E-state index is 11.9. The fraction of sp³-hybridized carbons (Fsp3) is 0.400. The quantitative estimate of drug-likeness (QED) is 0.787. The molecule has 0 saturated heterocycles. The molecular formula is C15H20N4O2. The average molecular weight is 288 g/mol. The van der Waals surface area contributed by atoms with Gasteiger partial charge in [-0.15, -0.1) is 0 Å². The fourth-order valence-electron chi connectivity index (χ4n) is 2.06. The molecule has 1 amide bonds. The van der Waals surface area contributed by atoms with Crippen molar-refractivity contribution in [3.8, 4) is 5.75 Å². The number of hydrogen-bond acceptors (Lipinski definition) is 4. The number of rotatable bonds is 7. The Morgan fingerprint density at radius 3 is 3.00 bits per heavy atom. The van der Waals surface area contributed by atoms with Gasteiger partial charge in [0.1, 0.15) is 17.3 Å². The Kier molecular flexibility index (Phi) is 5.31. The molecule has 0 unspecified atom stereocenters. The number of hydrogen-bond donors (Lipinski definition) is 1. The number of nitrogens with one attached hydrogen (secondary N) is 1. The van der Waals surface area contributed by atoms with E-state index in [4.69, 9.17) is 4.74 Å². The summed E-state index contributed by atoms with van der Waals surface area (Å²) in [7, 11) is 1.56. The van der Waals surface area contributed by atoms with E-state index >= 15 is 0 Å². The lowest BCUT2D eigenvalue weighted by Crippen LogP contribution is -2.26. The molecule has 21 heavy (non-hydrogen) atoms. The number of aryl methyl sites for hydroxylation is 2. The maximum Gasteiger partial charge on any atom is 0.270 e. The molecule has 6 heteroatoms. The summed E-state index contributed by atoms with van der Waals surface area (Å²) in [5, 5.41) is 2.86. The van der Waals surface area contributed by atoms with Gasteiger partial charge in [0.2, 0.25) is 0 Å². The highest BCUT2D eigenvalue weighted by Gasteiger charge is 2.07. The third-order valence-electron chi connectivity index (χ3n) is 3.18. The van der Waals surface area contributed by atoms with E-state index in [1.54, 1.807) is 31.6 Å². The van der Waals surface area contributed by atoms with Crippen molar-refractivity contribution in [1.82, 2.24) is 19.9 Å². The number of aromatic nitrogens is 3. The first-order valence-corrected chi connectivity index (χ1v) is 7.03. The van der Waals surface area contributed by atoms with E-state index < -0.39 is 0 Å². The Morgan fingerprint density at radius 1 is 1.38 bits per heavy atom. The van der Waals surface area contributed by atoms with Crippen molar-refractivity contribution in [3.63, 3.8) is 0 Å². The number of pyridine rings is 1. The molecule has 0 aliphatic heterocycles. The fourth-order valence-corrected chi connectivity index (χ4v) is 2.06. The van der Waals surface area contributed by atoms with Crippen LogP contribution < -0.4 is 10.1 Å². The van der Waals surface area contributed by atoms with Crippen LogP contribution in [0.2, 0.25) is 0 Å². The summed E-state index contributed by atoms with van der Waals surface area (Å²) in [6.45, 7) is 3.52. The van der Waals surface area contributed by atoms with Gasteiger partial charge in [0.15, 0.2) is 0 Å². The number of carbonyl (C=O) groups is 1. The summed E-state index contributed by atoms with van der Waals surface area (Å²) in [5.41, 5.74) is 0.367. The van der Waals surface area contributed by atoms with Crippen LogP contribution in [0.15, 0.2) is 30.7 Å². The molecule has 0 saturated carbocycles. The number of imidazole rings is 1. The van der Waals surface area contributed by atoms with E-state index in [0.717, 1.165) is 25.2 Å². The third kappa shape index (κ3) is 4.05. The Balaban J connectivity index is 1.79. The van der Waals surface area contributed by atoms with E-state index in [-0.39, 0.29) is 5.91 Å². The molecular weight excluding hydrogens is 268 g/mol. The summed E-state index contributed by atoms with van der Waals surface area (Å²) in [5.74, 6) is 1.51. The van der Waals surface area contributed by atoms with Crippen LogP contribution in [0.5, 0.6) is 5.75 Å². The molecule has 0 atom stereocenters. The van der Waals surface area contributed by atoms with E-state index in [2.05, 4.69) is 26.8 Å². The van der Waals surface area contributed by atoms with Crippen molar-refractivity contribution in [3.05, 3.63) is 42.2 Å². The van der Waals surface area contributed by atoms with Gasteiger partial charge >= 0.3 is 0 Å². The first-order valence-electron chi connectivity index (χ1n) is 7.03. The number of carbonyl (C=O) groups excluding carboxylic acids is 1. The molecule has 0 spiro atoms. The van der Waals surface area contributed by atoms with Crippen LogP contribution in [-0.4, -0.2) is 34.1 Å². The van der Waals surface area contributed by atoms with E-state index in [9.17, 15) is 4.79 Å². The van der Waals surface area contributed by atoms with Crippen LogP contribution >= 0.6 is 0 Å². The first kappa shape index (κ1) is 15.0. The van der Waals surface area contributed by atoms with Crippen LogP contribution in [0.1, 0.15) is 29.7 Å². The van der Waals surface area contributed by atoms with E-state index in [1.807, 2.05) is 6.20 Å². The lowest BCUT2D eigenvalue weighted by atomic mass is 10.3. The van der Waals surface area contributed by atoms with Gasteiger partial charge in [-0.05, 0) is 12.5 Å². The van der Waals surface area contributed by atoms with Crippen molar-refractivity contribution in [1.29, 1.82) is 0 Å². The predicted molar refractivity (Wildman–Crippen MR) is 79.3 cm³/mol. The Morgan fingerprint density at radius 2 is 2.24 bits per heavy atom. The summed E-state index contributed by atoms with van der Waals surface area (Å²) < 4.78 is 7.18. The van der Waals surface area contributed by atoms with Crippen molar-refractivity contribution < 1.29 is 9.53 Å². The molecule has 2 aromatic rings. The van der Waals surface area contributed by atoms with Crippen LogP contribution in [0.25, 0.3) is 0 Å². The summed E-state index contributed by atoms with van der Waals surface area (Å²) >= 11 is 0. The van der Waals surface area contributed by atoms with Gasteiger partial charge in [0.25, 0.3) is 5.91 Å². The summed E-state index contributed by atoms with van der Waals surface area (Å²) in [4.78, 5) is 20.3. The standard InChI is InChI=1S/C15H20N4O2/c1-3-14-17-8-10-19(14)9-4-6-18-15(20)13-11-12(21-2)5-7-16-13/h5,7-8,10-11H,3-4,6,9H2,1-2H3,(H,18,20). The SMILES string of the molecule is CCc1nccn1CCCNC(=O)c1cc(OC)ccn1. The topological polar surface area (TPSA) is 69.0 Å². The number of amides is 1. The van der Waals surface area contributed by atoms with Crippen LogP contribution in [-0.2, 0) is 13.0 Å². The van der Waals surface area contributed by atoms with E-state index in [1.165, 1.54) is 0 Å². The van der Waals surface area contributed by atoms with Gasteiger partial charge < -0.3 is 14.6 Å². The van der Waals surface area contributed by atoms with Gasteiger partial charge in [0, 0.05) is 44.2 Å². The van der Waals surface area contributed by atoms with Crippen molar-refractivity contribution in [2.75, 3.05) is 13.7 Å². The van der Waals surface area contributed by atoms with Crippen LogP contribution in [0, 0.1) is 0 Å². The van der Waals surface area contributed by atoms with Gasteiger partial charge in [-0.1, -0.05) is 6.92 Å². The van der Waals surface area contributed by atoms with E-state index in [0.29, 0.717) is 18.0 Å². The van der Waals surface area contributed by atoms with Crippen molar-refractivity contribution >= 4 is 5.91 Å². The second-order valence-corrected chi connectivity index (χ2v) is 4.58. The van der Waals surface area contributed by atoms with Gasteiger partial charge in [0.05, 0.1) is 7.11 Å². The molecule has 6 nitrogen and oxygen atoms in total. The molecule has 0 aliphatic rings. The lowest BCUT2D eigenvalue weighted by molar-refractivity contribution is 0.0947. The highest BCUT2D eigenvalue weighted by molar-refractivity contribution is 5.92. The minimum absolute atomic E-state index is 0.185. The zero-order valence-electron chi connectivity index (χ0n) is 12.4. The zero-order chi connectivity index (χ0) is 15.1. The number of nitrogens with zero attached hydrogens (tertiary/aromatic N) is 3. The Hall–Kier alpha value is -2.37. The van der Waals surface area contributed by atoms with Crippen molar-refractivity contribution in [2.24, 2.45) is 0 Å². The largest absolute Gasteiger partial charge is 0.497 e. The average Bonchev–Trinajstić information content (AvgIpc) is 2.98. The Labute approximate surface area is 124 Å². The van der Waals surface area contributed by atoms with Gasteiger partial charge in [-0.25, -0.2) is 4.98 Å². The molecule has 1 N–H and O–H groups in total. The smallest absolute Gasteiger partial charge is 0.270 e. The predicted octanol–water partition coefficient (Wildman–Crippen LogP) is 1.67. The lowest BCUT2D eigenvalue weighted by Gasteiger charge is -2.08. The second kappa shape index (κ2) is 7.42. The monoisotopic (exact) mass is 288 g/mol. The molecule has 2 aromatic heterocycles. The highest BCUT2D eigenvalue weighted by atomic mass is 16.5. The molecule has 0 aromatic carbocycles. The number of ether oxygens (including phenoxy) is 1. The third-order valence-corrected chi connectivity index (χ3v) is 3.18. The molecule has 2 rings (SSSR count). The summed E-state index contributed by atoms with van der Waals surface area (Å²) in [6, 6.07) is 3.34. The summed E-state index contributed by atoms with van der Waals surface area (Å²) in [6.07, 6.45) is 7.08. The van der Waals surface area contributed by atoms with Gasteiger partial charge in [-0.3, -0.25) is 9.78 Å². The normalized spacial score (nSPS) is 10.4. The molecule has 0 aliphatic carbocycles. The maximum absolute atomic E-state index is 11.9. The van der Waals surface area contributed by atoms with Crippen molar-refractivity contribution in [2.45, 2.75) is 26.3 Å². The molecule has 2 heterocycles. The van der Waals surface area contributed by atoms with Gasteiger partial charge in [-0.2, -0.15) is 0 Å². The first-order chi connectivity index (χ1) is 10.2. The highest BCUT2D eigenvalue weighted by Crippen LogP contribution is 2.09. The van der Waals surface area contributed by atoms with Crippen LogP contribution in [0.3, 0.4) is 0 Å². The minimum atomic E-state index is -0.185. The molecule has 0 bridgehead atoms. The number of methoxy groups -OCH3 is 1. The second-order valence-electron chi connectivity index (χ2n) is 4.58. The molecule has 0 radical (unpaired) electrons. The minimum Gasteiger partial charge on any atom is -0.497 e. The van der Waals surface area contributed by atoms with Crippen LogP contribution in [0.4, 0.5) is 0 Å². The molecule has 0 fully saturated rings. The Bertz CT molecular complexity index is 595. The zero-order valence-corrected chi connectivity index (χ0v) is 12.4. The molecule has 112 valence electrons.